The molecule has 1 aliphatic rings. The molecule has 1 aromatic heterocycles. The van der Waals surface area contributed by atoms with Crippen LogP contribution in [0, 0.1) is 11.3 Å². The number of nitrogens with zero attached hydrogens (tertiary/aromatic N) is 3. The highest BCUT2D eigenvalue weighted by atomic mass is 16.2. The molecule has 2 rings (SSSR count). The van der Waals surface area contributed by atoms with Crippen molar-refractivity contribution >= 4 is 5.91 Å². The van der Waals surface area contributed by atoms with Gasteiger partial charge in [0.25, 0.3) is 11.7 Å². The van der Waals surface area contributed by atoms with E-state index >= 15 is 0 Å². The van der Waals surface area contributed by atoms with E-state index in [9.17, 15) is 4.79 Å². The Balaban J connectivity index is 1.80. The van der Waals surface area contributed by atoms with Crippen LogP contribution in [-0.4, -0.2) is 33.1 Å². The second kappa shape index (κ2) is 3.04. The second-order valence-corrected chi connectivity index (χ2v) is 4.34. The minimum atomic E-state index is -0.263. The fraction of sp³-hybridized carbons (Fsp3) is 0.750. The summed E-state index contributed by atoms with van der Waals surface area (Å²) >= 11 is 0. The molecule has 1 aromatic rings. The monoisotopic (exact) mass is 195 g/mol. The maximum absolute atomic E-state index is 11.4. The Morgan fingerprint density at radius 1 is 1.71 bits per heavy atom. The standard InChI is InChI=1S/C8H13N5O/c1-8(2)3-5(8)4-9-7(14)6-10-12-13-11-6/h5H,3-4H2,1-2H3,(H,9,14)(H,10,11,12,13). The minimum Gasteiger partial charge on any atom is -0.349 e. The van der Waals surface area contributed by atoms with Gasteiger partial charge in [0.1, 0.15) is 0 Å². The van der Waals surface area contributed by atoms with Crippen molar-refractivity contribution in [3.63, 3.8) is 0 Å². The van der Waals surface area contributed by atoms with Gasteiger partial charge in [-0.3, -0.25) is 4.79 Å². The lowest BCUT2D eigenvalue weighted by Gasteiger charge is -2.03. The van der Waals surface area contributed by atoms with Gasteiger partial charge in [-0.05, 0) is 23.0 Å². The molecule has 1 saturated carbocycles. The Bertz CT molecular complexity index is 332. The van der Waals surface area contributed by atoms with E-state index in [2.05, 4.69) is 39.8 Å². The largest absolute Gasteiger partial charge is 0.349 e. The molecule has 14 heavy (non-hydrogen) atoms. The van der Waals surface area contributed by atoms with E-state index in [0.29, 0.717) is 17.9 Å². The number of tetrazole rings is 1. The average Bonchev–Trinajstić information content (AvgIpc) is 2.58. The molecule has 0 bridgehead atoms. The summed E-state index contributed by atoms with van der Waals surface area (Å²) in [6, 6.07) is 0. The van der Waals surface area contributed by atoms with Crippen LogP contribution in [0.1, 0.15) is 30.9 Å². The van der Waals surface area contributed by atoms with Crippen LogP contribution in [0.2, 0.25) is 0 Å². The number of nitrogens with one attached hydrogen (secondary N) is 2. The predicted octanol–water partition coefficient (Wildman–Crippen LogP) is -0.0244. The van der Waals surface area contributed by atoms with Gasteiger partial charge in [-0.15, -0.1) is 10.2 Å². The Hall–Kier alpha value is -1.46. The number of rotatable bonds is 3. The highest BCUT2D eigenvalue weighted by molar-refractivity contribution is 5.90. The van der Waals surface area contributed by atoms with Crippen molar-refractivity contribution in [3.05, 3.63) is 5.82 Å². The fourth-order valence-corrected chi connectivity index (χ4v) is 1.48. The zero-order valence-corrected chi connectivity index (χ0v) is 8.24. The average molecular weight is 195 g/mol. The van der Waals surface area contributed by atoms with Crippen LogP contribution in [0.25, 0.3) is 0 Å². The van der Waals surface area contributed by atoms with Gasteiger partial charge in [0.05, 0.1) is 0 Å². The van der Waals surface area contributed by atoms with Crippen LogP contribution in [0.15, 0.2) is 0 Å². The predicted molar refractivity (Wildman–Crippen MR) is 48.4 cm³/mol. The van der Waals surface area contributed by atoms with Gasteiger partial charge < -0.3 is 5.32 Å². The summed E-state index contributed by atoms with van der Waals surface area (Å²) < 4.78 is 0. The van der Waals surface area contributed by atoms with Crippen molar-refractivity contribution in [3.8, 4) is 0 Å². The SMILES string of the molecule is CC1(C)CC1CNC(=O)c1nn[nH]n1. The van der Waals surface area contributed by atoms with E-state index in [1.165, 1.54) is 6.42 Å². The summed E-state index contributed by atoms with van der Waals surface area (Å²) in [6.07, 6.45) is 1.17. The minimum absolute atomic E-state index is 0.100. The van der Waals surface area contributed by atoms with E-state index in [4.69, 9.17) is 0 Å². The van der Waals surface area contributed by atoms with Gasteiger partial charge in [-0.1, -0.05) is 13.8 Å². The van der Waals surface area contributed by atoms with Crippen molar-refractivity contribution in [1.82, 2.24) is 25.9 Å². The summed E-state index contributed by atoms with van der Waals surface area (Å²) in [6.45, 7) is 5.08. The van der Waals surface area contributed by atoms with Gasteiger partial charge in [-0.2, -0.15) is 5.21 Å². The first-order valence-corrected chi connectivity index (χ1v) is 4.61. The van der Waals surface area contributed by atoms with E-state index < -0.39 is 0 Å². The van der Waals surface area contributed by atoms with Crippen molar-refractivity contribution in [2.45, 2.75) is 20.3 Å². The molecular weight excluding hydrogens is 182 g/mol. The van der Waals surface area contributed by atoms with E-state index in [0.717, 1.165) is 0 Å². The van der Waals surface area contributed by atoms with Crippen LogP contribution in [0.3, 0.4) is 0 Å². The van der Waals surface area contributed by atoms with Gasteiger partial charge in [0, 0.05) is 6.54 Å². The molecule has 1 heterocycles. The highest BCUT2D eigenvalue weighted by Crippen LogP contribution is 2.50. The number of aromatic amines is 1. The Kier molecular flexibility index (Phi) is 1.98. The van der Waals surface area contributed by atoms with Crippen LogP contribution in [0.4, 0.5) is 0 Å². The molecular formula is C8H13N5O. The molecule has 1 unspecified atom stereocenters. The zero-order chi connectivity index (χ0) is 10.2. The normalized spacial score (nSPS) is 23.1. The molecule has 2 N–H and O–H groups in total. The molecule has 6 nitrogen and oxygen atoms in total. The first-order chi connectivity index (χ1) is 6.59. The van der Waals surface area contributed by atoms with Gasteiger partial charge in [0.15, 0.2) is 0 Å². The third-order valence-corrected chi connectivity index (χ3v) is 2.77. The van der Waals surface area contributed by atoms with Crippen LogP contribution >= 0.6 is 0 Å². The van der Waals surface area contributed by atoms with Crippen molar-refractivity contribution < 1.29 is 4.79 Å². The summed E-state index contributed by atoms with van der Waals surface area (Å²) in [5.41, 5.74) is 0.379. The maximum Gasteiger partial charge on any atom is 0.292 e. The smallest absolute Gasteiger partial charge is 0.292 e. The van der Waals surface area contributed by atoms with E-state index in [-0.39, 0.29) is 11.7 Å². The maximum atomic E-state index is 11.4. The van der Waals surface area contributed by atoms with Gasteiger partial charge in [-0.25, -0.2) is 0 Å². The van der Waals surface area contributed by atoms with Crippen molar-refractivity contribution in [1.29, 1.82) is 0 Å². The number of carbonyl (C=O) groups excluding carboxylic acids is 1. The lowest BCUT2D eigenvalue weighted by Crippen LogP contribution is -2.27. The molecule has 1 fully saturated rings. The lowest BCUT2D eigenvalue weighted by molar-refractivity contribution is 0.0940. The number of amides is 1. The molecule has 6 heteroatoms. The van der Waals surface area contributed by atoms with Crippen LogP contribution < -0.4 is 5.32 Å². The fourth-order valence-electron chi connectivity index (χ4n) is 1.48. The quantitative estimate of drug-likeness (QED) is 0.709. The highest BCUT2D eigenvalue weighted by Gasteiger charge is 2.45. The lowest BCUT2D eigenvalue weighted by atomic mass is 10.1. The Morgan fingerprint density at radius 3 is 2.93 bits per heavy atom. The van der Waals surface area contributed by atoms with Crippen LogP contribution in [0.5, 0.6) is 0 Å². The van der Waals surface area contributed by atoms with Crippen molar-refractivity contribution in [2.24, 2.45) is 11.3 Å². The molecule has 0 aromatic carbocycles. The van der Waals surface area contributed by atoms with Gasteiger partial charge in [0.2, 0.25) is 0 Å². The molecule has 1 amide bonds. The molecule has 1 atom stereocenters. The summed E-state index contributed by atoms with van der Waals surface area (Å²) in [5.74, 6) is 0.420. The zero-order valence-electron chi connectivity index (χ0n) is 8.24. The number of hydrogen-bond donors (Lipinski definition) is 2. The van der Waals surface area contributed by atoms with E-state index in [1.54, 1.807) is 0 Å². The summed E-state index contributed by atoms with van der Waals surface area (Å²) in [4.78, 5) is 11.4. The molecule has 1 aliphatic carbocycles. The third-order valence-electron chi connectivity index (χ3n) is 2.77. The molecule has 76 valence electrons. The van der Waals surface area contributed by atoms with Gasteiger partial charge >= 0.3 is 0 Å². The molecule has 0 spiro atoms. The third kappa shape index (κ3) is 1.73. The Labute approximate surface area is 81.5 Å². The molecule has 0 aliphatic heterocycles. The second-order valence-electron chi connectivity index (χ2n) is 4.34. The first kappa shape index (κ1) is 9.11. The van der Waals surface area contributed by atoms with E-state index in [1.807, 2.05) is 0 Å². The first-order valence-electron chi connectivity index (χ1n) is 4.61. The Morgan fingerprint density at radius 2 is 2.43 bits per heavy atom. The molecule has 0 saturated heterocycles. The number of carbonyl (C=O) groups is 1. The van der Waals surface area contributed by atoms with Crippen LogP contribution in [-0.2, 0) is 0 Å². The number of hydrogen-bond acceptors (Lipinski definition) is 4. The molecule has 0 radical (unpaired) electrons. The summed E-state index contributed by atoms with van der Waals surface area (Å²) in [7, 11) is 0. The number of aromatic nitrogens is 4. The topological polar surface area (TPSA) is 83.6 Å². The van der Waals surface area contributed by atoms with Crippen molar-refractivity contribution in [2.75, 3.05) is 6.54 Å². The summed E-state index contributed by atoms with van der Waals surface area (Å²) in [5, 5.41) is 15.5. The number of H-pyrrole nitrogens is 1.